The number of nitrogens with zero attached hydrogens (tertiary/aromatic N) is 2. The summed E-state index contributed by atoms with van der Waals surface area (Å²) >= 11 is 0. The summed E-state index contributed by atoms with van der Waals surface area (Å²) in [6, 6.07) is 0. The molecule has 0 atom stereocenters. The first-order valence-corrected chi connectivity index (χ1v) is 5.22. The number of terminal acetylenes is 1. The van der Waals surface area contributed by atoms with Crippen LogP contribution in [0.5, 0.6) is 0 Å². The molecule has 1 amide bonds. The lowest BCUT2D eigenvalue weighted by atomic mass is 10.2. The van der Waals surface area contributed by atoms with Crippen molar-refractivity contribution in [3.05, 3.63) is 28.0 Å². The van der Waals surface area contributed by atoms with E-state index in [9.17, 15) is 9.59 Å². The minimum Gasteiger partial charge on any atom is -0.442 e. The summed E-state index contributed by atoms with van der Waals surface area (Å²) in [6.07, 6.45) is 6.41. The third-order valence-corrected chi connectivity index (χ3v) is 2.53. The number of carbonyl (C=O) groups excluding carboxylic acids is 1. The van der Waals surface area contributed by atoms with Crippen LogP contribution in [-0.2, 0) is 7.05 Å². The van der Waals surface area contributed by atoms with Crippen molar-refractivity contribution in [1.29, 1.82) is 0 Å². The van der Waals surface area contributed by atoms with Crippen molar-refractivity contribution in [2.24, 2.45) is 7.05 Å². The molecule has 0 saturated carbocycles. The van der Waals surface area contributed by atoms with Crippen molar-refractivity contribution in [2.75, 3.05) is 6.54 Å². The molecule has 0 aliphatic rings. The highest BCUT2D eigenvalue weighted by molar-refractivity contribution is 6.06. The number of nitrogens with one attached hydrogen (secondary N) is 1. The average molecular weight is 245 g/mol. The lowest BCUT2D eigenvalue weighted by molar-refractivity contribution is 0.0958. The monoisotopic (exact) mass is 245 g/mol. The van der Waals surface area contributed by atoms with Gasteiger partial charge in [0, 0.05) is 7.05 Å². The van der Waals surface area contributed by atoms with Crippen LogP contribution in [0.2, 0.25) is 0 Å². The van der Waals surface area contributed by atoms with E-state index in [1.807, 2.05) is 0 Å². The number of hydrogen-bond acceptors (Lipinski definition) is 4. The van der Waals surface area contributed by atoms with Gasteiger partial charge in [-0.15, -0.1) is 6.42 Å². The van der Waals surface area contributed by atoms with Crippen LogP contribution in [0.15, 0.2) is 15.5 Å². The molecule has 0 fully saturated rings. The van der Waals surface area contributed by atoms with Gasteiger partial charge in [0.25, 0.3) is 11.5 Å². The highest BCUT2D eigenvalue weighted by Gasteiger charge is 2.21. The first-order chi connectivity index (χ1) is 8.56. The first-order valence-electron chi connectivity index (χ1n) is 5.22. The SMILES string of the molecule is C#CCNC(=O)c1c(C)oc2ncn(C)c(=O)c12. The van der Waals surface area contributed by atoms with Gasteiger partial charge >= 0.3 is 0 Å². The Balaban J connectivity index is 2.67. The fourth-order valence-electron chi connectivity index (χ4n) is 1.68. The van der Waals surface area contributed by atoms with E-state index in [4.69, 9.17) is 10.8 Å². The molecule has 1 N–H and O–H groups in total. The summed E-state index contributed by atoms with van der Waals surface area (Å²) in [6.45, 7) is 1.69. The number of carbonyl (C=O) groups is 1. The number of rotatable bonds is 2. The van der Waals surface area contributed by atoms with E-state index in [-0.39, 0.29) is 28.8 Å². The van der Waals surface area contributed by atoms with E-state index in [2.05, 4.69) is 16.2 Å². The molecule has 0 aliphatic heterocycles. The van der Waals surface area contributed by atoms with E-state index < -0.39 is 5.91 Å². The Morgan fingerprint density at radius 2 is 2.39 bits per heavy atom. The molecule has 6 heteroatoms. The Labute approximate surface area is 103 Å². The molecule has 18 heavy (non-hydrogen) atoms. The Morgan fingerprint density at radius 1 is 1.67 bits per heavy atom. The van der Waals surface area contributed by atoms with Crippen LogP contribution in [-0.4, -0.2) is 22.0 Å². The maximum absolute atomic E-state index is 12.0. The van der Waals surface area contributed by atoms with E-state index >= 15 is 0 Å². The van der Waals surface area contributed by atoms with Crippen LogP contribution >= 0.6 is 0 Å². The summed E-state index contributed by atoms with van der Waals surface area (Å²) in [4.78, 5) is 27.9. The molecule has 2 rings (SSSR count). The van der Waals surface area contributed by atoms with Gasteiger partial charge in [0.1, 0.15) is 17.5 Å². The number of aryl methyl sites for hydroxylation is 2. The van der Waals surface area contributed by atoms with Gasteiger partial charge in [0.15, 0.2) is 0 Å². The van der Waals surface area contributed by atoms with E-state index in [0.717, 1.165) is 0 Å². The molecular weight excluding hydrogens is 234 g/mol. The highest BCUT2D eigenvalue weighted by Crippen LogP contribution is 2.20. The van der Waals surface area contributed by atoms with Crippen molar-refractivity contribution in [1.82, 2.24) is 14.9 Å². The summed E-state index contributed by atoms with van der Waals surface area (Å²) in [5.41, 5.74) is 0.0121. The maximum atomic E-state index is 12.0. The van der Waals surface area contributed by atoms with Gasteiger partial charge in [-0.3, -0.25) is 9.59 Å². The van der Waals surface area contributed by atoms with Crippen molar-refractivity contribution in [2.45, 2.75) is 6.92 Å². The standard InChI is InChI=1S/C12H11N3O3/c1-4-5-13-10(16)8-7(2)18-11-9(8)12(17)15(3)6-14-11/h1,6H,5H2,2-3H3,(H,13,16). The van der Waals surface area contributed by atoms with Gasteiger partial charge in [-0.05, 0) is 6.92 Å². The van der Waals surface area contributed by atoms with Crippen molar-refractivity contribution in [3.8, 4) is 12.3 Å². The molecule has 0 aliphatic carbocycles. The van der Waals surface area contributed by atoms with E-state index in [0.29, 0.717) is 5.76 Å². The summed E-state index contributed by atoms with van der Waals surface area (Å²) in [5, 5.41) is 2.68. The van der Waals surface area contributed by atoms with Crippen LogP contribution < -0.4 is 10.9 Å². The number of aromatic nitrogens is 2. The second-order valence-corrected chi connectivity index (χ2v) is 3.76. The zero-order chi connectivity index (χ0) is 13.3. The van der Waals surface area contributed by atoms with Gasteiger partial charge in [0.2, 0.25) is 5.71 Å². The van der Waals surface area contributed by atoms with Gasteiger partial charge in [-0.25, -0.2) is 4.98 Å². The third kappa shape index (κ3) is 1.76. The number of amides is 1. The molecule has 0 aromatic carbocycles. The maximum Gasteiger partial charge on any atom is 0.265 e. The average Bonchev–Trinajstić information content (AvgIpc) is 2.68. The lowest BCUT2D eigenvalue weighted by Gasteiger charge is -2.00. The predicted octanol–water partition coefficient (Wildman–Crippen LogP) is 0.198. The molecule has 0 spiro atoms. The minimum atomic E-state index is -0.436. The Hall–Kier alpha value is -2.55. The molecule has 0 bridgehead atoms. The highest BCUT2D eigenvalue weighted by atomic mass is 16.3. The quantitative estimate of drug-likeness (QED) is 0.767. The fraction of sp³-hybridized carbons (Fsp3) is 0.250. The molecule has 92 valence electrons. The first kappa shape index (κ1) is 11.9. The zero-order valence-corrected chi connectivity index (χ0v) is 9.98. The van der Waals surface area contributed by atoms with Crippen molar-refractivity contribution in [3.63, 3.8) is 0 Å². The van der Waals surface area contributed by atoms with Crippen molar-refractivity contribution >= 4 is 17.0 Å². The molecular formula is C12H11N3O3. The second kappa shape index (κ2) is 4.37. The van der Waals surface area contributed by atoms with Crippen LogP contribution in [0.25, 0.3) is 11.1 Å². The second-order valence-electron chi connectivity index (χ2n) is 3.76. The van der Waals surface area contributed by atoms with Crippen molar-refractivity contribution < 1.29 is 9.21 Å². The lowest BCUT2D eigenvalue weighted by Crippen LogP contribution is -2.26. The van der Waals surface area contributed by atoms with E-state index in [1.54, 1.807) is 14.0 Å². The van der Waals surface area contributed by atoms with Gasteiger partial charge in [-0.1, -0.05) is 5.92 Å². The number of fused-ring (bicyclic) bond motifs is 1. The molecule has 0 unspecified atom stereocenters. The molecule has 0 radical (unpaired) electrons. The fourth-order valence-corrected chi connectivity index (χ4v) is 1.68. The van der Waals surface area contributed by atoms with Crippen LogP contribution in [0, 0.1) is 19.3 Å². The van der Waals surface area contributed by atoms with Crippen LogP contribution in [0.4, 0.5) is 0 Å². The Bertz CT molecular complexity index is 718. The molecule has 0 saturated heterocycles. The van der Waals surface area contributed by atoms with Gasteiger partial charge in [0.05, 0.1) is 12.1 Å². The summed E-state index contributed by atoms with van der Waals surface area (Å²) in [7, 11) is 1.56. The molecule has 2 heterocycles. The van der Waals surface area contributed by atoms with Crippen LogP contribution in [0.1, 0.15) is 16.1 Å². The normalized spacial score (nSPS) is 10.3. The van der Waals surface area contributed by atoms with Crippen LogP contribution in [0.3, 0.4) is 0 Å². The number of furan rings is 1. The largest absolute Gasteiger partial charge is 0.442 e. The smallest absolute Gasteiger partial charge is 0.265 e. The summed E-state index contributed by atoms with van der Waals surface area (Å²) in [5.74, 6) is 2.20. The molecule has 2 aromatic rings. The third-order valence-electron chi connectivity index (χ3n) is 2.53. The topological polar surface area (TPSA) is 77.1 Å². The predicted molar refractivity (Wildman–Crippen MR) is 65.2 cm³/mol. The molecule has 2 aromatic heterocycles. The van der Waals surface area contributed by atoms with Gasteiger partial charge in [-0.2, -0.15) is 0 Å². The Kier molecular flexibility index (Phi) is 2.90. The van der Waals surface area contributed by atoms with Gasteiger partial charge < -0.3 is 14.3 Å². The Morgan fingerprint density at radius 3 is 3.06 bits per heavy atom. The number of hydrogen-bond donors (Lipinski definition) is 1. The molecule has 6 nitrogen and oxygen atoms in total. The minimum absolute atomic E-state index is 0.0888. The van der Waals surface area contributed by atoms with E-state index in [1.165, 1.54) is 10.9 Å². The summed E-state index contributed by atoms with van der Waals surface area (Å²) < 4.78 is 6.59. The zero-order valence-electron chi connectivity index (χ0n) is 9.98.